The number of nitrogens with one attached hydrogen (secondary N) is 1. The molecule has 7 heteroatoms. The fraction of sp³-hybridized carbons (Fsp3) is 0.875. The van der Waals surface area contributed by atoms with Crippen molar-refractivity contribution in [2.45, 2.75) is 83.0 Å². The summed E-state index contributed by atoms with van der Waals surface area (Å²) >= 11 is 0. The van der Waals surface area contributed by atoms with Gasteiger partial charge in [0.2, 0.25) is 5.91 Å². The van der Waals surface area contributed by atoms with Crippen LogP contribution in [-0.4, -0.2) is 54.5 Å². The molecule has 1 amide bonds. The Morgan fingerprint density at radius 1 is 1.35 bits per heavy atom. The molecule has 2 fully saturated rings. The number of hydrogen-bond acceptors (Lipinski definition) is 6. The number of fused-ring (bicyclic) bond motifs is 1. The third-order valence-corrected chi connectivity index (χ3v) is 4.64. The van der Waals surface area contributed by atoms with Gasteiger partial charge in [-0.2, -0.15) is 0 Å². The molecule has 2 rings (SSSR count). The maximum absolute atomic E-state index is 12.3. The number of ether oxygens (including phenoxy) is 3. The van der Waals surface area contributed by atoms with E-state index < -0.39 is 23.9 Å². The normalized spacial score (nSPS) is 35.6. The van der Waals surface area contributed by atoms with Crippen molar-refractivity contribution in [1.29, 1.82) is 0 Å². The van der Waals surface area contributed by atoms with E-state index in [0.717, 1.165) is 12.8 Å². The molecule has 0 aromatic heterocycles. The molecule has 0 spiro atoms. The first kappa shape index (κ1) is 18.2. The summed E-state index contributed by atoms with van der Waals surface area (Å²) in [5.74, 6) is -0.562. The Balaban J connectivity index is 2.20. The summed E-state index contributed by atoms with van der Waals surface area (Å²) < 4.78 is 17.0. The molecule has 1 aliphatic heterocycles. The van der Waals surface area contributed by atoms with Gasteiger partial charge in [0.25, 0.3) is 0 Å². The lowest BCUT2D eigenvalue weighted by Gasteiger charge is -2.38. The van der Waals surface area contributed by atoms with Crippen LogP contribution in [0.5, 0.6) is 0 Å². The summed E-state index contributed by atoms with van der Waals surface area (Å²) in [7, 11) is 0. The Bertz CT molecular complexity index is 454. The molecule has 132 valence electrons. The molecule has 1 heterocycles. The number of epoxide rings is 1. The largest absolute Gasteiger partial charge is 0.464 e. The maximum Gasteiger partial charge on any atom is 0.341 e. The molecule has 0 bridgehead atoms. The van der Waals surface area contributed by atoms with Gasteiger partial charge in [-0.1, -0.05) is 13.8 Å². The lowest BCUT2D eigenvalue weighted by Crippen LogP contribution is -2.63. The van der Waals surface area contributed by atoms with Crippen LogP contribution < -0.4 is 11.1 Å². The number of carbonyl (C=O) groups is 2. The van der Waals surface area contributed by atoms with Gasteiger partial charge in [0.05, 0.1) is 18.8 Å². The van der Waals surface area contributed by atoms with Crippen molar-refractivity contribution >= 4 is 11.9 Å². The van der Waals surface area contributed by atoms with Gasteiger partial charge in [-0.15, -0.1) is 0 Å². The highest BCUT2D eigenvalue weighted by molar-refractivity contribution is 5.84. The van der Waals surface area contributed by atoms with E-state index in [4.69, 9.17) is 19.9 Å². The van der Waals surface area contributed by atoms with Crippen LogP contribution in [0, 0.1) is 0 Å². The van der Waals surface area contributed by atoms with Crippen molar-refractivity contribution in [2.24, 2.45) is 5.73 Å². The molecule has 0 aromatic rings. The zero-order chi connectivity index (χ0) is 17.2. The summed E-state index contributed by atoms with van der Waals surface area (Å²) in [6, 6.07) is -0.801. The summed E-state index contributed by atoms with van der Waals surface area (Å²) in [4.78, 5) is 23.8. The second-order valence-electron chi connectivity index (χ2n) is 6.28. The highest BCUT2D eigenvalue weighted by Crippen LogP contribution is 2.50. The van der Waals surface area contributed by atoms with E-state index in [1.54, 1.807) is 6.92 Å². The van der Waals surface area contributed by atoms with Crippen molar-refractivity contribution < 1.29 is 23.8 Å². The summed E-state index contributed by atoms with van der Waals surface area (Å²) in [5, 5.41) is 2.86. The van der Waals surface area contributed by atoms with E-state index in [1.165, 1.54) is 6.92 Å². The minimum Gasteiger partial charge on any atom is -0.464 e. The second-order valence-corrected chi connectivity index (χ2v) is 6.28. The molecular weight excluding hydrogens is 300 g/mol. The Morgan fingerprint density at radius 3 is 2.52 bits per heavy atom. The van der Waals surface area contributed by atoms with Gasteiger partial charge in [-0.25, -0.2) is 4.79 Å². The topological polar surface area (TPSA) is 103 Å². The van der Waals surface area contributed by atoms with Crippen molar-refractivity contribution in [3.63, 3.8) is 0 Å². The molecule has 1 saturated carbocycles. The molecule has 1 saturated heterocycles. The van der Waals surface area contributed by atoms with Crippen LogP contribution >= 0.6 is 0 Å². The van der Waals surface area contributed by atoms with E-state index in [9.17, 15) is 9.59 Å². The summed E-state index contributed by atoms with van der Waals surface area (Å²) in [6.45, 7) is 7.57. The van der Waals surface area contributed by atoms with Crippen molar-refractivity contribution in [3.05, 3.63) is 0 Å². The smallest absolute Gasteiger partial charge is 0.341 e. The van der Waals surface area contributed by atoms with Gasteiger partial charge in [0.15, 0.2) is 5.60 Å². The summed E-state index contributed by atoms with van der Waals surface area (Å²) in [5.41, 5.74) is 5.22. The van der Waals surface area contributed by atoms with Crippen LogP contribution in [-0.2, 0) is 23.8 Å². The number of esters is 1. The zero-order valence-electron chi connectivity index (χ0n) is 14.3. The average Bonchev–Trinajstić information content (AvgIpc) is 3.22. The quantitative estimate of drug-likeness (QED) is 0.521. The SMILES string of the molecule is CCOC(=O)C12C[C@H](N)[C@H](NC(C)=O)[C@H](OC(CC)CC)C1O2. The molecule has 2 unspecified atom stereocenters. The first-order chi connectivity index (χ1) is 10.9. The molecule has 23 heavy (non-hydrogen) atoms. The maximum atomic E-state index is 12.3. The van der Waals surface area contributed by atoms with Gasteiger partial charge in [-0.3, -0.25) is 4.79 Å². The standard InChI is InChI=1S/C16H28N2O5/c1-5-10(6-2)22-13-12(18-9(4)19)11(17)8-16(14(13)23-16)15(20)21-7-3/h10-14H,5-8,17H2,1-4H3,(H,18,19)/t11-,12-,13-,14?,16?/m0/s1. The van der Waals surface area contributed by atoms with E-state index in [-0.39, 0.29) is 24.0 Å². The van der Waals surface area contributed by atoms with Crippen molar-refractivity contribution in [1.82, 2.24) is 5.32 Å². The first-order valence-corrected chi connectivity index (χ1v) is 8.42. The van der Waals surface area contributed by atoms with Crippen molar-refractivity contribution in [3.8, 4) is 0 Å². The molecule has 5 atom stereocenters. The second kappa shape index (κ2) is 7.15. The number of carbonyl (C=O) groups excluding carboxylic acids is 2. The van der Waals surface area contributed by atoms with Gasteiger partial charge >= 0.3 is 5.97 Å². The number of rotatable bonds is 7. The first-order valence-electron chi connectivity index (χ1n) is 8.42. The third kappa shape index (κ3) is 3.51. The minimum absolute atomic E-state index is 0.0330. The molecule has 0 radical (unpaired) electrons. The Kier molecular flexibility index (Phi) is 5.65. The lowest BCUT2D eigenvalue weighted by atomic mass is 9.80. The number of amides is 1. The molecule has 0 aromatic carbocycles. The van der Waals surface area contributed by atoms with Gasteiger partial charge < -0.3 is 25.3 Å². The molecule has 2 aliphatic rings. The molecule has 3 N–H and O–H groups in total. The minimum atomic E-state index is -1.01. The van der Waals surface area contributed by atoms with E-state index >= 15 is 0 Å². The van der Waals surface area contributed by atoms with E-state index in [1.807, 2.05) is 13.8 Å². The summed E-state index contributed by atoms with van der Waals surface area (Å²) in [6.07, 6.45) is 1.17. The van der Waals surface area contributed by atoms with Crippen LogP contribution in [0.2, 0.25) is 0 Å². The Labute approximate surface area is 137 Å². The lowest BCUT2D eigenvalue weighted by molar-refractivity contribution is -0.151. The highest BCUT2D eigenvalue weighted by atomic mass is 16.7. The number of nitrogens with two attached hydrogens (primary N) is 1. The van der Waals surface area contributed by atoms with E-state index in [2.05, 4.69) is 5.32 Å². The zero-order valence-corrected chi connectivity index (χ0v) is 14.3. The van der Waals surface area contributed by atoms with Crippen LogP contribution in [0.15, 0.2) is 0 Å². The fourth-order valence-corrected chi connectivity index (χ4v) is 3.38. The van der Waals surface area contributed by atoms with Gasteiger partial charge in [0, 0.05) is 19.4 Å². The number of hydrogen-bond donors (Lipinski definition) is 2. The van der Waals surface area contributed by atoms with Gasteiger partial charge in [0.1, 0.15) is 12.2 Å². The fourth-order valence-electron chi connectivity index (χ4n) is 3.38. The van der Waals surface area contributed by atoms with E-state index in [0.29, 0.717) is 13.0 Å². The average molecular weight is 328 g/mol. The van der Waals surface area contributed by atoms with Crippen LogP contribution in [0.4, 0.5) is 0 Å². The van der Waals surface area contributed by atoms with Crippen LogP contribution in [0.1, 0.15) is 47.0 Å². The predicted molar refractivity (Wildman–Crippen MR) is 83.7 cm³/mol. The molecular formula is C16H28N2O5. The van der Waals surface area contributed by atoms with Crippen molar-refractivity contribution in [2.75, 3.05) is 6.61 Å². The van der Waals surface area contributed by atoms with Crippen LogP contribution in [0.25, 0.3) is 0 Å². The predicted octanol–water partition coefficient (Wildman–Crippen LogP) is 0.497. The van der Waals surface area contributed by atoms with Crippen LogP contribution in [0.3, 0.4) is 0 Å². The third-order valence-electron chi connectivity index (χ3n) is 4.64. The Morgan fingerprint density at radius 2 is 2.00 bits per heavy atom. The van der Waals surface area contributed by atoms with Gasteiger partial charge in [-0.05, 0) is 19.8 Å². The monoisotopic (exact) mass is 328 g/mol. The molecule has 7 nitrogen and oxygen atoms in total. The molecule has 1 aliphatic carbocycles. The Hall–Kier alpha value is -1.18. The highest BCUT2D eigenvalue weighted by Gasteiger charge is 2.72.